The Labute approximate surface area is 132 Å². The Bertz CT molecular complexity index is 494. The summed E-state index contributed by atoms with van der Waals surface area (Å²) < 4.78 is 0. The van der Waals surface area contributed by atoms with Gasteiger partial charge in [0.15, 0.2) is 0 Å². The molecule has 0 unspecified atom stereocenters. The molecule has 3 rings (SSSR count). The SMILES string of the molecule is C[C@H]1CNCCN1C(=O)c1ccc(N2CCCCCC2)nc1. The minimum absolute atomic E-state index is 0.101. The van der Waals surface area contributed by atoms with Crippen molar-refractivity contribution in [2.75, 3.05) is 37.6 Å². The Morgan fingerprint density at radius 3 is 2.59 bits per heavy atom. The fourth-order valence-electron chi connectivity index (χ4n) is 3.31. The van der Waals surface area contributed by atoms with Crippen LogP contribution >= 0.6 is 0 Å². The molecule has 0 spiro atoms. The summed E-state index contributed by atoms with van der Waals surface area (Å²) in [6.45, 7) is 6.75. The smallest absolute Gasteiger partial charge is 0.255 e. The highest BCUT2D eigenvalue weighted by molar-refractivity contribution is 5.94. The van der Waals surface area contributed by atoms with Gasteiger partial charge < -0.3 is 15.1 Å². The minimum Gasteiger partial charge on any atom is -0.357 e. The maximum absolute atomic E-state index is 12.6. The molecule has 5 heteroatoms. The number of amides is 1. The van der Waals surface area contributed by atoms with E-state index in [1.807, 2.05) is 17.0 Å². The van der Waals surface area contributed by atoms with Crippen molar-refractivity contribution in [3.05, 3.63) is 23.9 Å². The second-order valence-electron chi connectivity index (χ2n) is 6.36. The van der Waals surface area contributed by atoms with Gasteiger partial charge in [-0.1, -0.05) is 12.8 Å². The maximum atomic E-state index is 12.6. The summed E-state index contributed by atoms with van der Waals surface area (Å²) in [5.74, 6) is 1.11. The van der Waals surface area contributed by atoms with Gasteiger partial charge in [0.25, 0.3) is 5.91 Å². The molecule has 5 nitrogen and oxygen atoms in total. The quantitative estimate of drug-likeness (QED) is 0.906. The van der Waals surface area contributed by atoms with E-state index in [4.69, 9.17) is 0 Å². The lowest BCUT2D eigenvalue weighted by Gasteiger charge is -2.34. The molecule has 2 aliphatic heterocycles. The van der Waals surface area contributed by atoms with Crippen molar-refractivity contribution in [3.63, 3.8) is 0 Å². The fourth-order valence-corrected chi connectivity index (χ4v) is 3.31. The molecule has 1 aromatic rings. The van der Waals surface area contributed by atoms with Gasteiger partial charge in [-0.25, -0.2) is 4.98 Å². The molecular formula is C17H26N4O. The average molecular weight is 302 g/mol. The van der Waals surface area contributed by atoms with Crippen LogP contribution in [0.25, 0.3) is 0 Å². The second-order valence-corrected chi connectivity index (χ2v) is 6.36. The van der Waals surface area contributed by atoms with Crippen LogP contribution in [-0.2, 0) is 0 Å². The van der Waals surface area contributed by atoms with Crippen molar-refractivity contribution < 1.29 is 4.79 Å². The molecule has 2 saturated heterocycles. The topological polar surface area (TPSA) is 48.5 Å². The number of anilines is 1. The van der Waals surface area contributed by atoms with E-state index < -0.39 is 0 Å². The van der Waals surface area contributed by atoms with Gasteiger partial charge in [0.1, 0.15) is 5.82 Å². The second kappa shape index (κ2) is 7.09. The summed E-state index contributed by atoms with van der Waals surface area (Å²) in [5.41, 5.74) is 0.701. The number of piperazine rings is 1. The summed E-state index contributed by atoms with van der Waals surface area (Å²) in [6, 6.07) is 4.18. The highest BCUT2D eigenvalue weighted by Crippen LogP contribution is 2.18. The van der Waals surface area contributed by atoms with Crippen LogP contribution in [0.1, 0.15) is 43.0 Å². The molecule has 1 atom stereocenters. The highest BCUT2D eigenvalue weighted by Gasteiger charge is 2.24. The highest BCUT2D eigenvalue weighted by atomic mass is 16.2. The third kappa shape index (κ3) is 3.40. The Balaban J connectivity index is 1.69. The molecule has 2 fully saturated rings. The number of aromatic nitrogens is 1. The van der Waals surface area contributed by atoms with Crippen LogP contribution in [0.4, 0.5) is 5.82 Å². The van der Waals surface area contributed by atoms with E-state index in [1.165, 1.54) is 25.7 Å². The van der Waals surface area contributed by atoms with Gasteiger partial charge in [-0.15, -0.1) is 0 Å². The van der Waals surface area contributed by atoms with Crippen LogP contribution in [0, 0.1) is 0 Å². The van der Waals surface area contributed by atoms with Gasteiger partial charge >= 0.3 is 0 Å². The Kier molecular flexibility index (Phi) is 4.93. The number of nitrogens with one attached hydrogen (secondary N) is 1. The van der Waals surface area contributed by atoms with E-state index in [0.717, 1.165) is 38.5 Å². The summed E-state index contributed by atoms with van der Waals surface area (Å²) >= 11 is 0. The van der Waals surface area contributed by atoms with Crippen LogP contribution in [0.3, 0.4) is 0 Å². The zero-order valence-corrected chi connectivity index (χ0v) is 13.4. The molecular weight excluding hydrogens is 276 g/mol. The van der Waals surface area contributed by atoms with Gasteiger partial charge in [0, 0.05) is 45.0 Å². The van der Waals surface area contributed by atoms with E-state index in [1.54, 1.807) is 6.20 Å². The largest absolute Gasteiger partial charge is 0.357 e. The lowest BCUT2D eigenvalue weighted by Crippen LogP contribution is -2.52. The van der Waals surface area contributed by atoms with E-state index in [9.17, 15) is 4.79 Å². The predicted octanol–water partition coefficient (Wildman–Crippen LogP) is 1.90. The Morgan fingerprint density at radius 2 is 1.95 bits per heavy atom. The number of nitrogens with zero attached hydrogens (tertiary/aromatic N) is 3. The van der Waals surface area contributed by atoms with Gasteiger partial charge in [-0.05, 0) is 31.9 Å². The molecule has 0 aromatic carbocycles. The molecule has 0 bridgehead atoms. The lowest BCUT2D eigenvalue weighted by molar-refractivity contribution is 0.0655. The van der Waals surface area contributed by atoms with Crippen LogP contribution in [-0.4, -0.2) is 54.6 Å². The van der Waals surface area contributed by atoms with Gasteiger partial charge in [0.05, 0.1) is 5.56 Å². The lowest BCUT2D eigenvalue weighted by atomic mass is 10.1. The number of pyridine rings is 1. The van der Waals surface area contributed by atoms with Crippen LogP contribution < -0.4 is 10.2 Å². The van der Waals surface area contributed by atoms with Crippen molar-refractivity contribution in [1.82, 2.24) is 15.2 Å². The van der Waals surface area contributed by atoms with Gasteiger partial charge in [-0.3, -0.25) is 4.79 Å². The van der Waals surface area contributed by atoms with E-state index in [2.05, 4.69) is 22.1 Å². The maximum Gasteiger partial charge on any atom is 0.255 e. The van der Waals surface area contributed by atoms with Gasteiger partial charge in [-0.2, -0.15) is 0 Å². The number of hydrogen-bond donors (Lipinski definition) is 1. The molecule has 3 heterocycles. The molecule has 2 aliphatic rings. The van der Waals surface area contributed by atoms with E-state index >= 15 is 0 Å². The third-order valence-corrected chi connectivity index (χ3v) is 4.69. The molecule has 0 radical (unpaired) electrons. The number of hydrogen-bond acceptors (Lipinski definition) is 4. The molecule has 1 amide bonds. The normalized spacial score (nSPS) is 23.2. The zero-order valence-electron chi connectivity index (χ0n) is 13.4. The number of rotatable bonds is 2. The first-order valence-corrected chi connectivity index (χ1v) is 8.48. The standard InChI is InChI=1S/C17H26N4O/c1-14-12-18-8-11-21(14)17(22)15-6-7-16(19-13-15)20-9-4-2-3-5-10-20/h6-7,13-14,18H,2-5,8-12H2,1H3/t14-/m0/s1. The van der Waals surface area contributed by atoms with Crippen molar-refractivity contribution in [1.29, 1.82) is 0 Å². The number of carbonyl (C=O) groups is 1. The molecule has 1 aromatic heterocycles. The molecule has 22 heavy (non-hydrogen) atoms. The zero-order chi connectivity index (χ0) is 15.4. The van der Waals surface area contributed by atoms with Crippen molar-refractivity contribution in [2.24, 2.45) is 0 Å². The van der Waals surface area contributed by atoms with Crippen molar-refractivity contribution in [2.45, 2.75) is 38.6 Å². The van der Waals surface area contributed by atoms with Gasteiger partial charge in [0.2, 0.25) is 0 Å². The summed E-state index contributed by atoms with van der Waals surface area (Å²) in [4.78, 5) is 21.4. The van der Waals surface area contributed by atoms with Crippen molar-refractivity contribution >= 4 is 11.7 Å². The Morgan fingerprint density at radius 1 is 1.18 bits per heavy atom. The Hall–Kier alpha value is -1.62. The van der Waals surface area contributed by atoms with E-state index in [0.29, 0.717) is 5.56 Å². The first-order chi connectivity index (χ1) is 10.8. The molecule has 1 N–H and O–H groups in total. The molecule has 0 aliphatic carbocycles. The molecule has 120 valence electrons. The first kappa shape index (κ1) is 15.3. The predicted molar refractivity (Wildman–Crippen MR) is 88.3 cm³/mol. The fraction of sp³-hybridized carbons (Fsp3) is 0.647. The summed E-state index contributed by atoms with van der Waals surface area (Å²) in [5, 5.41) is 3.31. The minimum atomic E-state index is 0.101. The number of carbonyl (C=O) groups excluding carboxylic acids is 1. The first-order valence-electron chi connectivity index (χ1n) is 8.48. The summed E-state index contributed by atoms with van der Waals surface area (Å²) in [7, 11) is 0. The molecule has 0 saturated carbocycles. The summed E-state index contributed by atoms with van der Waals surface area (Å²) in [6.07, 6.45) is 6.85. The third-order valence-electron chi connectivity index (χ3n) is 4.69. The van der Waals surface area contributed by atoms with E-state index in [-0.39, 0.29) is 11.9 Å². The monoisotopic (exact) mass is 302 g/mol. The average Bonchev–Trinajstić information content (AvgIpc) is 2.84. The van der Waals surface area contributed by atoms with Crippen LogP contribution in [0.15, 0.2) is 18.3 Å². The van der Waals surface area contributed by atoms with Crippen LogP contribution in [0.5, 0.6) is 0 Å². The van der Waals surface area contributed by atoms with Crippen LogP contribution in [0.2, 0.25) is 0 Å². The van der Waals surface area contributed by atoms with Crippen molar-refractivity contribution in [3.8, 4) is 0 Å².